The Hall–Kier alpha value is -2.50. The lowest BCUT2D eigenvalue weighted by atomic mass is 9.90. The van der Waals surface area contributed by atoms with Gasteiger partial charge in [0.2, 0.25) is 5.60 Å². The van der Waals surface area contributed by atoms with Crippen LogP contribution in [-0.4, -0.2) is 5.91 Å². The Morgan fingerprint density at radius 3 is 1.95 bits per heavy atom. The molecule has 3 nitrogen and oxygen atoms in total. The largest absolute Gasteiger partial charge is 0.473 e. The molecule has 0 radical (unpaired) electrons. The van der Waals surface area contributed by atoms with Crippen LogP contribution in [0, 0.1) is 0 Å². The van der Waals surface area contributed by atoms with E-state index in [0.717, 1.165) is 6.07 Å². The highest BCUT2D eigenvalue weighted by atomic mass is 19.4. The lowest BCUT2D eigenvalue weighted by Gasteiger charge is -2.30. The minimum atomic E-state index is -4.62. The summed E-state index contributed by atoms with van der Waals surface area (Å²) in [6.07, 6.45) is -4.62. The average molecular weight is 309 g/mol. The maximum absolute atomic E-state index is 13.2. The predicted octanol–water partition coefficient (Wildman–Crippen LogP) is 3.48. The van der Waals surface area contributed by atoms with Crippen LogP contribution in [0.5, 0.6) is 5.75 Å². The Bertz CT molecular complexity index is 671. The van der Waals surface area contributed by atoms with Crippen LogP contribution in [0.4, 0.5) is 13.2 Å². The second-order valence-corrected chi connectivity index (χ2v) is 4.86. The number of nitrogens with two attached hydrogens (primary N) is 1. The summed E-state index contributed by atoms with van der Waals surface area (Å²) in [6.45, 7) is 1.23. The summed E-state index contributed by atoms with van der Waals surface area (Å²) in [7, 11) is 0. The van der Waals surface area contributed by atoms with Crippen LogP contribution in [0.1, 0.15) is 18.1 Å². The van der Waals surface area contributed by atoms with Gasteiger partial charge in [-0.25, -0.2) is 0 Å². The van der Waals surface area contributed by atoms with Crippen LogP contribution in [-0.2, 0) is 16.6 Å². The molecule has 0 saturated carbocycles. The smallest absolute Gasteiger partial charge is 0.416 e. The standard InChI is InChI=1S/C16H14F3NO2/c1-15(14(20)21,22-11-7-3-2-4-8-11)12-9-5-6-10-13(12)16(17,18)19/h2-10H,1H3,(H2,20,21). The molecule has 2 rings (SSSR count). The Labute approximate surface area is 125 Å². The van der Waals surface area contributed by atoms with Gasteiger partial charge in [-0.15, -0.1) is 0 Å². The zero-order valence-corrected chi connectivity index (χ0v) is 11.7. The number of carbonyl (C=O) groups is 1. The number of primary amides is 1. The van der Waals surface area contributed by atoms with E-state index in [9.17, 15) is 18.0 Å². The topological polar surface area (TPSA) is 52.3 Å². The Kier molecular flexibility index (Phi) is 4.12. The van der Waals surface area contributed by atoms with Crippen molar-refractivity contribution in [1.82, 2.24) is 0 Å². The second-order valence-electron chi connectivity index (χ2n) is 4.86. The zero-order chi connectivity index (χ0) is 16.4. The predicted molar refractivity (Wildman–Crippen MR) is 75.1 cm³/mol. The SMILES string of the molecule is CC(Oc1ccccc1)(C(N)=O)c1ccccc1C(F)(F)F. The van der Waals surface area contributed by atoms with Crippen molar-refractivity contribution in [3.05, 3.63) is 65.7 Å². The number of halogens is 3. The number of hydrogen-bond donors (Lipinski definition) is 1. The molecule has 1 atom stereocenters. The van der Waals surface area contributed by atoms with Crippen LogP contribution < -0.4 is 10.5 Å². The molecule has 0 bridgehead atoms. The van der Waals surface area contributed by atoms with Crippen LogP contribution in [0.15, 0.2) is 54.6 Å². The number of hydrogen-bond acceptors (Lipinski definition) is 2. The fraction of sp³-hybridized carbons (Fsp3) is 0.188. The molecule has 2 N–H and O–H groups in total. The first-order chi connectivity index (χ1) is 10.2. The molecule has 0 fully saturated rings. The summed E-state index contributed by atoms with van der Waals surface area (Å²) in [5.41, 5.74) is 2.12. The molecule has 0 aliphatic heterocycles. The van der Waals surface area contributed by atoms with Crippen molar-refractivity contribution in [2.24, 2.45) is 5.73 Å². The minimum absolute atomic E-state index is 0.251. The quantitative estimate of drug-likeness (QED) is 0.940. The summed E-state index contributed by atoms with van der Waals surface area (Å²) >= 11 is 0. The maximum atomic E-state index is 13.2. The third kappa shape index (κ3) is 3.05. The van der Waals surface area contributed by atoms with Crippen molar-refractivity contribution in [3.63, 3.8) is 0 Å². The highest BCUT2D eigenvalue weighted by molar-refractivity contribution is 5.85. The van der Waals surface area contributed by atoms with Gasteiger partial charge in [-0.1, -0.05) is 36.4 Å². The molecule has 0 heterocycles. The van der Waals surface area contributed by atoms with Crippen molar-refractivity contribution in [3.8, 4) is 5.75 Å². The van der Waals surface area contributed by atoms with Gasteiger partial charge < -0.3 is 10.5 Å². The monoisotopic (exact) mass is 309 g/mol. The number of benzene rings is 2. The third-order valence-corrected chi connectivity index (χ3v) is 3.28. The molecule has 2 aromatic rings. The van der Waals surface area contributed by atoms with Crippen LogP contribution in [0.2, 0.25) is 0 Å². The third-order valence-electron chi connectivity index (χ3n) is 3.28. The summed E-state index contributed by atoms with van der Waals surface area (Å²) in [4.78, 5) is 11.8. The summed E-state index contributed by atoms with van der Waals surface area (Å²) in [5, 5.41) is 0. The summed E-state index contributed by atoms with van der Waals surface area (Å²) in [6, 6.07) is 12.8. The first-order valence-corrected chi connectivity index (χ1v) is 6.46. The van der Waals surface area contributed by atoms with Crippen molar-refractivity contribution >= 4 is 5.91 Å². The van der Waals surface area contributed by atoms with Gasteiger partial charge in [0.05, 0.1) is 5.56 Å². The van der Waals surface area contributed by atoms with Crippen LogP contribution in [0.3, 0.4) is 0 Å². The molecule has 0 aromatic heterocycles. The molecule has 0 aliphatic rings. The molecule has 22 heavy (non-hydrogen) atoms. The fourth-order valence-electron chi connectivity index (χ4n) is 2.11. The van der Waals surface area contributed by atoms with Gasteiger partial charge in [0, 0.05) is 5.56 Å². The van der Waals surface area contributed by atoms with E-state index in [4.69, 9.17) is 10.5 Å². The molecule has 6 heteroatoms. The van der Waals surface area contributed by atoms with E-state index in [-0.39, 0.29) is 11.3 Å². The Balaban J connectivity index is 2.56. The molecular weight excluding hydrogens is 295 g/mol. The second kappa shape index (κ2) is 5.71. The molecule has 1 unspecified atom stereocenters. The number of amides is 1. The highest BCUT2D eigenvalue weighted by Crippen LogP contribution is 2.38. The van der Waals surface area contributed by atoms with E-state index in [1.54, 1.807) is 18.2 Å². The van der Waals surface area contributed by atoms with Crippen LogP contribution >= 0.6 is 0 Å². The lowest BCUT2D eigenvalue weighted by molar-refractivity contribution is -0.143. The van der Waals surface area contributed by atoms with Gasteiger partial charge in [-0.2, -0.15) is 13.2 Å². The number of alkyl halides is 3. The Morgan fingerprint density at radius 1 is 0.955 bits per heavy atom. The molecule has 0 spiro atoms. The molecular formula is C16H14F3NO2. The van der Waals surface area contributed by atoms with Crippen molar-refractivity contribution in [1.29, 1.82) is 0 Å². The highest BCUT2D eigenvalue weighted by Gasteiger charge is 2.44. The van der Waals surface area contributed by atoms with Crippen molar-refractivity contribution < 1.29 is 22.7 Å². The fourth-order valence-corrected chi connectivity index (χ4v) is 2.11. The van der Waals surface area contributed by atoms with E-state index in [1.165, 1.54) is 37.3 Å². The zero-order valence-electron chi connectivity index (χ0n) is 11.7. The molecule has 0 aliphatic carbocycles. The Morgan fingerprint density at radius 2 is 1.45 bits per heavy atom. The number of para-hydroxylation sites is 1. The number of ether oxygens (including phenoxy) is 1. The normalized spacial score (nSPS) is 14.2. The van der Waals surface area contributed by atoms with Gasteiger partial charge in [-0.05, 0) is 25.1 Å². The minimum Gasteiger partial charge on any atom is -0.473 e. The average Bonchev–Trinajstić information content (AvgIpc) is 2.47. The van der Waals surface area contributed by atoms with Gasteiger partial charge >= 0.3 is 6.18 Å². The number of carbonyl (C=O) groups excluding carboxylic acids is 1. The van der Waals surface area contributed by atoms with E-state index in [1.807, 2.05) is 0 Å². The molecule has 2 aromatic carbocycles. The van der Waals surface area contributed by atoms with Crippen molar-refractivity contribution in [2.75, 3.05) is 0 Å². The first kappa shape index (κ1) is 15.9. The molecule has 0 saturated heterocycles. The van der Waals surface area contributed by atoms with Crippen LogP contribution in [0.25, 0.3) is 0 Å². The van der Waals surface area contributed by atoms with Gasteiger partial charge in [0.15, 0.2) is 0 Å². The van der Waals surface area contributed by atoms with E-state index < -0.39 is 23.2 Å². The summed E-state index contributed by atoms with van der Waals surface area (Å²) < 4.78 is 45.0. The van der Waals surface area contributed by atoms with E-state index in [0.29, 0.717) is 0 Å². The van der Waals surface area contributed by atoms with E-state index in [2.05, 4.69) is 0 Å². The lowest BCUT2D eigenvalue weighted by Crippen LogP contribution is -2.44. The maximum Gasteiger partial charge on any atom is 0.416 e. The molecule has 116 valence electrons. The van der Waals surface area contributed by atoms with E-state index >= 15 is 0 Å². The van der Waals surface area contributed by atoms with Gasteiger partial charge in [-0.3, -0.25) is 4.79 Å². The first-order valence-electron chi connectivity index (χ1n) is 6.46. The van der Waals surface area contributed by atoms with Crippen molar-refractivity contribution in [2.45, 2.75) is 18.7 Å². The van der Waals surface area contributed by atoms with Gasteiger partial charge in [0.25, 0.3) is 5.91 Å². The summed E-state index contributed by atoms with van der Waals surface area (Å²) in [5.74, 6) is -0.756. The number of rotatable bonds is 4. The van der Waals surface area contributed by atoms with Gasteiger partial charge in [0.1, 0.15) is 5.75 Å². The molecule has 1 amide bonds.